The van der Waals surface area contributed by atoms with E-state index in [1.165, 1.54) is 17.3 Å². The predicted octanol–water partition coefficient (Wildman–Crippen LogP) is 4.96. The van der Waals surface area contributed by atoms with Gasteiger partial charge in [0.25, 0.3) is 0 Å². The standard InChI is InChI=1S/C24H30N4O2S/c1-16(2)13-18-6-8-19(9-7-18)17(3)25-22(29)15-31-24-27-26-23(20-10-11-20)28(24)14-21-5-4-12-30-21/h4-9,12,16-17,20H,10-11,13-15H2,1-3H3,(H,25,29). The Bertz CT molecular complexity index is 991. The van der Waals surface area contributed by atoms with Gasteiger partial charge >= 0.3 is 0 Å². The quantitative estimate of drug-likeness (QED) is 0.453. The van der Waals surface area contributed by atoms with Crippen molar-refractivity contribution in [2.45, 2.75) is 63.7 Å². The van der Waals surface area contributed by atoms with Gasteiger partial charge in [0, 0.05) is 5.92 Å². The molecule has 3 aromatic rings. The van der Waals surface area contributed by atoms with Crippen molar-refractivity contribution in [1.82, 2.24) is 20.1 Å². The first-order valence-corrected chi connectivity index (χ1v) is 11.9. The topological polar surface area (TPSA) is 73.0 Å². The van der Waals surface area contributed by atoms with Gasteiger partial charge in [-0.2, -0.15) is 0 Å². The molecule has 0 spiro atoms. The number of carbonyl (C=O) groups excluding carboxylic acids is 1. The first-order chi connectivity index (χ1) is 15.0. The monoisotopic (exact) mass is 438 g/mol. The summed E-state index contributed by atoms with van der Waals surface area (Å²) in [6.07, 6.45) is 5.04. The van der Waals surface area contributed by atoms with Crippen LogP contribution in [-0.4, -0.2) is 26.4 Å². The normalized spacial score (nSPS) is 14.7. The zero-order chi connectivity index (χ0) is 21.8. The molecule has 0 aliphatic heterocycles. The summed E-state index contributed by atoms with van der Waals surface area (Å²) in [5, 5.41) is 12.6. The molecule has 1 amide bonds. The fraction of sp³-hybridized carbons (Fsp3) is 0.458. The van der Waals surface area contributed by atoms with Gasteiger partial charge in [-0.15, -0.1) is 10.2 Å². The molecule has 1 aliphatic carbocycles. The van der Waals surface area contributed by atoms with Crippen molar-refractivity contribution in [2.24, 2.45) is 5.92 Å². The number of hydrogen-bond acceptors (Lipinski definition) is 5. The summed E-state index contributed by atoms with van der Waals surface area (Å²) >= 11 is 1.43. The summed E-state index contributed by atoms with van der Waals surface area (Å²) in [7, 11) is 0. The van der Waals surface area contributed by atoms with Gasteiger partial charge in [0.1, 0.15) is 11.6 Å². The van der Waals surface area contributed by atoms with Crippen molar-refractivity contribution in [2.75, 3.05) is 5.75 Å². The highest BCUT2D eigenvalue weighted by atomic mass is 32.2. The molecule has 2 aromatic heterocycles. The van der Waals surface area contributed by atoms with Crippen LogP contribution in [0.5, 0.6) is 0 Å². The Morgan fingerprint density at radius 3 is 2.61 bits per heavy atom. The fourth-order valence-electron chi connectivity index (χ4n) is 3.67. The molecule has 0 saturated heterocycles. The molecule has 1 N–H and O–H groups in total. The SMILES string of the molecule is CC(C)Cc1ccc(C(C)NC(=O)CSc2nnc(C3CC3)n2Cc2ccco2)cc1. The third kappa shape index (κ3) is 5.79. The Balaban J connectivity index is 1.34. The molecule has 1 fully saturated rings. The van der Waals surface area contributed by atoms with Gasteiger partial charge in [-0.05, 0) is 55.4 Å². The second-order valence-electron chi connectivity index (χ2n) is 8.70. The maximum absolute atomic E-state index is 12.6. The number of rotatable bonds is 10. The van der Waals surface area contributed by atoms with Crippen molar-refractivity contribution in [3.63, 3.8) is 0 Å². The van der Waals surface area contributed by atoms with Crippen LogP contribution < -0.4 is 5.32 Å². The Morgan fingerprint density at radius 1 is 1.19 bits per heavy atom. The second kappa shape index (κ2) is 9.73. The fourth-order valence-corrected chi connectivity index (χ4v) is 4.42. The van der Waals surface area contributed by atoms with Gasteiger partial charge in [-0.1, -0.05) is 49.9 Å². The lowest BCUT2D eigenvalue weighted by atomic mass is 10.00. The van der Waals surface area contributed by atoms with E-state index in [-0.39, 0.29) is 11.9 Å². The number of benzene rings is 1. The molecule has 1 aromatic carbocycles. The summed E-state index contributed by atoms with van der Waals surface area (Å²) in [5.74, 6) is 3.26. The highest BCUT2D eigenvalue weighted by Crippen LogP contribution is 2.40. The highest BCUT2D eigenvalue weighted by molar-refractivity contribution is 7.99. The van der Waals surface area contributed by atoms with E-state index in [0.29, 0.717) is 24.1 Å². The number of thioether (sulfide) groups is 1. The van der Waals surface area contributed by atoms with Crippen LogP contribution in [0.3, 0.4) is 0 Å². The number of aromatic nitrogens is 3. The first-order valence-electron chi connectivity index (χ1n) is 11.0. The van der Waals surface area contributed by atoms with Crippen molar-refractivity contribution in [1.29, 1.82) is 0 Å². The van der Waals surface area contributed by atoms with Crippen molar-refractivity contribution >= 4 is 17.7 Å². The Hall–Kier alpha value is -2.54. The lowest BCUT2D eigenvalue weighted by molar-refractivity contribution is -0.119. The summed E-state index contributed by atoms with van der Waals surface area (Å²) in [6, 6.07) is 12.3. The molecule has 1 saturated carbocycles. The van der Waals surface area contributed by atoms with E-state index in [1.807, 2.05) is 19.1 Å². The molecule has 1 unspecified atom stereocenters. The molecule has 0 bridgehead atoms. The summed E-state index contributed by atoms with van der Waals surface area (Å²) < 4.78 is 7.60. The average molecular weight is 439 g/mol. The van der Waals surface area contributed by atoms with Gasteiger partial charge in [0.05, 0.1) is 24.6 Å². The van der Waals surface area contributed by atoms with Crippen molar-refractivity contribution in [3.05, 3.63) is 65.4 Å². The van der Waals surface area contributed by atoms with Crippen LogP contribution in [0.2, 0.25) is 0 Å². The molecular weight excluding hydrogens is 408 g/mol. The zero-order valence-electron chi connectivity index (χ0n) is 18.4. The Kier molecular flexibility index (Phi) is 6.80. The minimum Gasteiger partial charge on any atom is -0.467 e. The van der Waals surface area contributed by atoms with Crippen LogP contribution in [-0.2, 0) is 17.8 Å². The molecule has 1 atom stereocenters. The number of hydrogen-bond donors (Lipinski definition) is 1. The van der Waals surface area contributed by atoms with Crippen LogP contribution in [0.4, 0.5) is 0 Å². The second-order valence-corrected chi connectivity index (χ2v) is 9.64. The van der Waals surface area contributed by atoms with E-state index in [9.17, 15) is 4.79 Å². The lowest BCUT2D eigenvalue weighted by Crippen LogP contribution is -2.28. The third-order valence-electron chi connectivity index (χ3n) is 5.42. The van der Waals surface area contributed by atoms with Crippen LogP contribution in [0.15, 0.2) is 52.2 Å². The smallest absolute Gasteiger partial charge is 0.230 e. The van der Waals surface area contributed by atoms with Crippen LogP contribution in [0.1, 0.15) is 68.3 Å². The minimum atomic E-state index is -0.0378. The summed E-state index contributed by atoms with van der Waals surface area (Å²) in [5.41, 5.74) is 2.44. The molecular formula is C24H30N4O2S. The molecule has 164 valence electrons. The van der Waals surface area contributed by atoms with Gasteiger partial charge in [0.2, 0.25) is 5.91 Å². The lowest BCUT2D eigenvalue weighted by Gasteiger charge is -2.15. The zero-order valence-corrected chi connectivity index (χ0v) is 19.2. The van der Waals surface area contributed by atoms with E-state index in [0.717, 1.165) is 41.6 Å². The number of furan rings is 1. The summed E-state index contributed by atoms with van der Waals surface area (Å²) in [4.78, 5) is 12.6. The number of nitrogens with zero attached hydrogens (tertiary/aromatic N) is 3. The van der Waals surface area contributed by atoms with Gasteiger partial charge in [-0.3, -0.25) is 9.36 Å². The van der Waals surface area contributed by atoms with Gasteiger partial charge in [0.15, 0.2) is 5.16 Å². The van der Waals surface area contributed by atoms with Crippen LogP contribution in [0, 0.1) is 5.92 Å². The molecule has 1 aliphatic rings. The average Bonchev–Trinajstić information content (AvgIpc) is 3.30. The van der Waals surface area contributed by atoms with Gasteiger partial charge < -0.3 is 9.73 Å². The Morgan fingerprint density at radius 2 is 1.97 bits per heavy atom. The third-order valence-corrected chi connectivity index (χ3v) is 6.38. The van der Waals surface area contributed by atoms with Crippen molar-refractivity contribution in [3.8, 4) is 0 Å². The molecule has 0 radical (unpaired) electrons. The number of amides is 1. The van der Waals surface area contributed by atoms with Crippen molar-refractivity contribution < 1.29 is 9.21 Å². The van der Waals surface area contributed by atoms with Crippen LogP contribution in [0.25, 0.3) is 0 Å². The van der Waals surface area contributed by atoms with E-state index in [4.69, 9.17) is 4.42 Å². The van der Waals surface area contributed by atoms with Gasteiger partial charge in [-0.25, -0.2) is 0 Å². The predicted molar refractivity (Wildman–Crippen MR) is 122 cm³/mol. The first kappa shape index (κ1) is 21.7. The maximum Gasteiger partial charge on any atom is 0.230 e. The van der Waals surface area contributed by atoms with E-state index in [1.54, 1.807) is 6.26 Å². The van der Waals surface area contributed by atoms with E-state index >= 15 is 0 Å². The number of carbonyl (C=O) groups is 1. The minimum absolute atomic E-state index is 0.00993. The molecule has 7 heteroatoms. The summed E-state index contributed by atoms with van der Waals surface area (Å²) in [6.45, 7) is 7.05. The number of nitrogens with one attached hydrogen (secondary N) is 1. The Labute approximate surface area is 187 Å². The molecule has 2 heterocycles. The largest absolute Gasteiger partial charge is 0.467 e. The molecule has 4 rings (SSSR count). The van der Waals surface area contributed by atoms with Crippen LogP contribution >= 0.6 is 11.8 Å². The maximum atomic E-state index is 12.6. The molecule has 6 nitrogen and oxygen atoms in total. The van der Waals surface area contributed by atoms with E-state index in [2.05, 4.69) is 58.2 Å². The van der Waals surface area contributed by atoms with E-state index < -0.39 is 0 Å². The molecule has 31 heavy (non-hydrogen) atoms. The highest BCUT2D eigenvalue weighted by Gasteiger charge is 2.30.